The Morgan fingerprint density at radius 3 is 1.90 bits per heavy atom. The van der Waals surface area contributed by atoms with Crippen LogP contribution in [0.1, 0.15) is 37.1 Å². The predicted molar refractivity (Wildman–Crippen MR) is 132 cm³/mol. The van der Waals surface area contributed by atoms with E-state index in [4.69, 9.17) is 9.97 Å². The Balaban J connectivity index is 1.82. The highest BCUT2D eigenvalue weighted by Crippen LogP contribution is 2.34. The third kappa shape index (κ3) is 3.82. The van der Waals surface area contributed by atoms with Gasteiger partial charge in [0.25, 0.3) is 0 Å². The standard InChI is InChI=1S/C29H26N2/c1-18-9-10-24(13-19(2)11-18)28-29(25-14-20(3)12-21(4)15-25)31-27-17-23-8-6-5-7-22(23)16-26(27)30-28/h5-9,11-17H,10H2,1-4H3. The van der Waals surface area contributed by atoms with E-state index in [-0.39, 0.29) is 0 Å². The van der Waals surface area contributed by atoms with E-state index in [0.29, 0.717) is 0 Å². The highest BCUT2D eigenvalue weighted by Gasteiger charge is 2.17. The lowest BCUT2D eigenvalue weighted by Crippen LogP contribution is -2.00. The third-order valence-corrected chi connectivity index (χ3v) is 5.83. The van der Waals surface area contributed by atoms with Gasteiger partial charge in [-0.25, -0.2) is 9.97 Å². The van der Waals surface area contributed by atoms with Crippen molar-refractivity contribution in [2.24, 2.45) is 0 Å². The van der Waals surface area contributed by atoms with E-state index >= 15 is 0 Å². The normalized spacial score (nSPS) is 14.3. The van der Waals surface area contributed by atoms with Crippen LogP contribution in [0.25, 0.3) is 38.6 Å². The van der Waals surface area contributed by atoms with Crippen molar-refractivity contribution in [3.8, 4) is 11.3 Å². The second-order valence-electron chi connectivity index (χ2n) is 8.70. The molecule has 0 amide bonds. The van der Waals surface area contributed by atoms with Gasteiger partial charge in [0.1, 0.15) is 0 Å². The predicted octanol–water partition coefficient (Wildman–Crippen LogP) is 7.75. The summed E-state index contributed by atoms with van der Waals surface area (Å²) >= 11 is 0. The summed E-state index contributed by atoms with van der Waals surface area (Å²) in [5, 5.41) is 2.38. The van der Waals surface area contributed by atoms with Gasteiger partial charge in [-0.2, -0.15) is 0 Å². The number of benzene rings is 3. The molecular weight excluding hydrogens is 376 g/mol. The zero-order chi connectivity index (χ0) is 21.5. The summed E-state index contributed by atoms with van der Waals surface area (Å²) in [6.45, 7) is 8.59. The number of aromatic nitrogens is 2. The minimum atomic E-state index is 0.852. The van der Waals surface area contributed by atoms with Crippen LogP contribution >= 0.6 is 0 Å². The molecule has 1 aromatic heterocycles. The van der Waals surface area contributed by atoms with Gasteiger partial charge in [-0.15, -0.1) is 0 Å². The fourth-order valence-electron chi connectivity index (χ4n) is 4.51. The molecule has 0 atom stereocenters. The van der Waals surface area contributed by atoms with Gasteiger partial charge in [-0.3, -0.25) is 0 Å². The first kappa shape index (κ1) is 19.4. The number of allylic oxidation sites excluding steroid dienone is 6. The van der Waals surface area contributed by atoms with Gasteiger partial charge in [0.05, 0.1) is 22.4 Å². The zero-order valence-electron chi connectivity index (χ0n) is 18.5. The van der Waals surface area contributed by atoms with E-state index < -0.39 is 0 Å². The Kier molecular flexibility index (Phi) is 4.78. The van der Waals surface area contributed by atoms with Gasteiger partial charge >= 0.3 is 0 Å². The lowest BCUT2D eigenvalue weighted by atomic mass is 9.97. The Labute approximate surface area is 183 Å². The van der Waals surface area contributed by atoms with Crippen LogP contribution in [0, 0.1) is 13.8 Å². The van der Waals surface area contributed by atoms with Crippen LogP contribution in [0.5, 0.6) is 0 Å². The molecule has 0 bridgehead atoms. The number of nitrogens with zero attached hydrogens (tertiary/aromatic N) is 2. The molecule has 2 nitrogen and oxygen atoms in total. The number of rotatable bonds is 2. The van der Waals surface area contributed by atoms with Crippen LogP contribution in [0.2, 0.25) is 0 Å². The average Bonchev–Trinajstić information content (AvgIpc) is 2.90. The van der Waals surface area contributed by atoms with Crippen LogP contribution in [0.3, 0.4) is 0 Å². The first-order chi connectivity index (χ1) is 15.0. The molecule has 0 radical (unpaired) electrons. The van der Waals surface area contributed by atoms with Crippen molar-refractivity contribution in [1.82, 2.24) is 9.97 Å². The Morgan fingerprint density at radius 2 is 1.26 bits per heavy atom. The van der Waals surface area contributed by atoms with Crippen molar-refractivity contribution in [2.45, 2.75) is 34.1 Å². The van der Waals surface area contributed by atoms with Crippen molar-refractivity contribution in [2.75, 3.05) is 0 Å². The van der Waals surface area contributed by atoms with Crippen LogP contribution in [0.4, 0.5) is 0 Å². The quantitative estimate of drug-likeness (QED) is 0.320. The van der Waals surface area contributed by atoms with Crippen molar-refractivity contribution >= 4 is 27.4 Å². The number of hydrogen-bond acceptors (Lipinski definition) is 2. The van der Waals surface area contributed by atoms with Crippen LogP contribution < -0.4 is 0 Å². The van der Waals surface area contributed by atoms with Crippen LogP contribution in [-0.4, -0.2) is 9.97 Å². The zero-order valence-corrected chi connectivity index (χ0v) is 18.5. The minimum absolute atomic E-state index is 0.852. The summed E-state index contributed by atoms with van der Waals surface area (Å²) in [6.07, 6.45) is 7.62. The summed E-state index contributed by atoms with van der Waals surface area (Å²) < 4.78 is 0. The molecule has 1 heterocycles. The van der Waals surface area contributed by atoms with Gasteiger partial charge in [-0.05, 0) is 74.7 Å². The van der Waals surface area contributed by atoms with Crippen LogP contribution in [0.15, 0.2) is 84.0 Å². The summed E-state index contributed by atoms with van der Waals surface area (Å²) in [6, 6.07) is 19.4. The Morgan fingerprint density at radius 1 is 0.645 bits per heavy atom. The van der Waals surface area contributed by atoms with Gasteiger partial charge in [0, 0.05) is 5.56 Å². The Bertz CT molecular complexity index is 1410. The largest absolute Gasteiger partial charge is 0.244 e. The molecule has 0 saturated carbocycles. The molecule has 0 N–H and O–H groups in total. The maximum atomic E-state index is 5.20. The molecule has 0 fully saturated rings. The van der Waals surface area contributed by atoms with Gasteiger partial charge in [0.15, 0.2) is 0 Å². The van der Waals surface area contributed by atoms with Gasteiger partial charge in [-0.1, -0.05) is 70.8 Å². The third-order valence-electron chi connectivity index (χ3n) is 5.83. The van der Waals surface area contributed by atoms with E-state index in [2.05, 4.69) is 101 Å². The van der Waals surface area contributed by atoms with E-state index in [1.165, 1.54) is 38.6 Å². The number of hydrogen-bond donors (Lipinski definition) is 0. The molecule has 1 aliphatic rings. The first-order valence-corrected chi connectivity index (χ1v) is 10.8. The molecule has 0 aliphatic heterocycles. The fourth-order valence-corrected chi connectivity index (χ4v) is 4.51. The molecule has 31 heavy (non-hydrogen) atoms. The summed E-state index contributed by atoms with van der Waals surface area (Å²) in [4.78, 5) is 10.4. The molecule has 5 rings (SSSR count). The van der Waals surface area contributed by atoms with Crippen LogP contribution in [-0.2, 0) is 0 Å². The SMILES string of the molecule is CC1=CCC(c2nc3cc4ccccc4cc3nc2-c2cc(C)cc(C)c2)=CC(C)=C1. The van der Waals surface area contributed by atoms with E-state index in [0.717, 1.165) is 34.4 Å². The maximum absolute atomic E-state index is 5.20. The van der Waals surface area contributed by atoms with Gasteiger partial charge in [0.2, 0.25) is 0 Å². The highest BCUT2D eigenvalue weighted by molar-refractivity contribution is 5.96. The second-order valence-corrected chi connectivity index (χ2v) is 8.70. The number of fused-ring (bicyclic) bond motifs is 2. The second kappa shape index (κ2) is 7.63. The van der Waals surface area contributed by atoms with E-state index in [9.17, 15) is 0 Å². The average molecular weight is 403 g/mol. The van der Waals surface area contributed by atoms with E-state index in [1.54, 1.807) is 0 Å². The fraction of sp³-hybridized carbons (Fsp3) is 0.172. The molecule has 2 heteroatoms. The summed E-state index contributed by atoms with van der Waals surface area (Å²) in [5.74, 6) is 0. The summed E-state index contributed by atoms with van der Waals surface area (Å²) in [7, 11) is 0. The van der Waals surface area contributed by atoms with Crippen molar-refractivity contribution in [3.63, 3.8) is 0 Å². The molecule has 0 unspecified atom stereocenters. The van der Waals surface area contributed by atoms with Crippen molar-refractivity contribution in [1.29, 1.82) is 0 Å². The molecular formula is C29H26N2. The smallest absolute Gasteiger partial charge is 0.0970 e. The minimum Gasteiger partial charge on any atom is -0.244 e. The van der Waals surface area contributed by atoms with E-state index in [1.807, 2.05) is 0 Å². The molecule has 3 aromatic carbocycles. The topological polar surface area (TPSA) is 25.8 Å². The lowest BCUT2D eigenvalue weighted by molar-refractivity contribution is 1.21. The maximum Gasteiger partial charge on any atom is 0.0970 e. The van der Waals surface area contributed by atoms with Gasteiger partial charge < -0.3 is 0 Å². The molecule has 152 valence electrons. The molecule has 4 aromatic rings. The number of aryl methyl sites for hydroxylation is 2. The molecule has 0 saturated heterocycles. The molecule has 1 aliphatic carbocycles. The summed E-state index contributed by atoms with van der Waals surface area (Å²) in [5.41, 5.74) is 11.2. The van der Waals surface area contributed by atoms with Crippen molar-refractivity contribution < 1.29 is 0 Å². The highest BCUT2D eigenvalue weighted by atomic mass is 14.8. The molecule has 0 spiro atoms. The first-order valence-electron chi connectivity index (χ1n) is 10.8. The Hall–Kier alpha value is -3.52. The van der Waals surface area contributed by atoms with Crippen molar-refractivity contribution in [3.05, 3.63) is 101 Å². The monoisotopic (exact) mass is 402 g/mol. The lowest BCUT2D eigenvalue weighted by Gasteiger charge is -2.14.